The van der Waals surface area contributed by atoms with Crippen molar-refractivity contribution in [2.24, 2.45) is 0 Å². The van der Waals surface area contributed by atoms with E-state index in [0.29, 0.717) is 11.4 Å². The van der Waals surface area contributed by atoms with Gasteiger partial charge in [0.15, 0.2) is 0 Å². The van der Waals surface area contributed by atoms with Crippen molar-refractivity contribution in [1.29, 1.82) is 0 Å². The van der Waals surface area contributed by atoms with Crippen LogP contribution in [-0.4, -0.2) is 17.6 Å². The van der Waals surface area contributed by atoms with Gasteiger partial charge in [-0.15, -0.1) is 0 Å². The fraction of sp³-hybridized carbons (Fsp3) is 0.375. The quantitative estimate of drug-likeness (QED) is 0.516. The molecule has 0 unspecified atom stereocenters. The number of hydrogen-bond acceptors (Lipinski definition) is 3. The number of rotatable bonds is 2. The summed E-state index contributed by atoms with van der Waals surface area (Å²) >= 11 is 5.76. The topological polar surface area (TPSA) is 55.4 Å². The number of benzene rings is 1. The van der Waals surface area contributed by atoms with Gasteiger partial charge < -0.3 is 10.1 Å². The molecule has 0 aliphatic rings. The van der Waals surface area contributed by atoms with E-state index in [2.05, 4.69) is 21.9 Å². The standard InChI is InChI=1S/C16H18ClNO3/c1-16(2,3)18-15(20)21-14(19)7-5-4-6-12-8-10-13(17)11-9-12/h8-11H,5,7H2,1-3H3,(H,18,20). The van der Waals surface area contributed by atoms with Gasteiger partial charge in [0.05, 0.1) is 6.42 Å². The van der Waals surface area contributed by atoms with E-state index in [0.717, 1.165) is 5.56 Å². The van der Waals surface area contributed by atoms with Crippen LogP contribution in [0.1, 0.15) is 39.2 Å². The highest BCUT2D eigenvalue weighted by molar-refractivity contribution is 6.30. The summed E-state index contributed by atoms with van der Waals surface area (Å²) in [5.74, 6) is 5.15. The number of carbonyl (C=O) groups excluding carboxylic acids is 2. The predicted molar refractivity (Wildman–Crippen MR) is 81.9 cm³/mol. The number of ether oxygens (including phenoxy) is 1. The molecule has 0 atom stereocenters. The van der Waals surface area contributed by atoms with Crippen LogP contribution in [0.25, 0.3) is 0 Å². The second-order valence-corrected chi connectivity index (χ2v) is 5.88. The Kier molecular flexibility index (Phi) is 6.26. The molecule has 1 aromatic rings. The van der Waals surface area contributed by atoms with Crippen molar-refractivity contribution < 1.29 is 14.3 Å². The van der Waals surface area contributed by atoms with E-state index in [1.54, 1.807) is 45.0 Å². The van der Waals surface area contributed by atoms with E-state index in [9.17, 15) is 9.59 Å². The van der Waals surface area contributed by atoms with Crippen LogP contribution in [0.3, 0.4) is 0 Å². The Morgan fingerprint density at radius 3 is 2.43 bits per heavy atom. The maximum atomic E-state index is 11.4. The summed E-state index contributed by atoms with van der Waals surface area (Å²) in [6, 6.07) is 7.09. The number of alkyl carbamates (subject to hydrolysis) is 1. The Balaban J connectivity index is 2.34. The first-order valence-corrected chi connectivity index (χ1v) is 6.91. The van der Waals surface area contributed by atoms with Crippen molar-refractivity contribution in [3.63, 3.8) is 0 Å². The molecule has 4 nitrogen and oxygen atoms in total. The fourth-order valence-corrected chi connectivity index (χ4v) is 1.47. The molecule has 0 heterocycles. The molecule has 0 spiro atoms. The number of nitrogens with one attached hydrogen (secondary N) is 1. The molecule has 21 heavy (non-hydrogen) atoms. The molecule has 1 aromatic carbocycles. The van der Waals surface area contributed by atoms with Gasteiger partial charge in [0.1, 0.15) is 0 Å². The zero-order valence-corrected chi connectivity index (χ0v) is 13.1. The number of carbonyl (C=O) groups is 2. The molecule has 0 aliphatic carbocycles. The molecule has 112 valence electrons. The third-order valence-electron chi connectivity index (χ3n) is 2.21. The smallest absolute Gasteiger partial charge is 0.376 e. The van der Waals surface area contributed by atoms with Crippen LogP contribution in [0.2, 0.25) is 5.02 Å². The highest BCUT2D eigenvalue weighted by Gasteiger charge is 2.17. The summed E-state index contributed by atoms with van der Waals surface area (Å²) < 4.78 is 4.62. The van der Waals surface area contributed by atoms with E-state index in [1.807, 2.05) is 0 Å². The molecule has 0 radical (unpaired) electrons. The van der Waals surface area contributed by atoms with E-state index in [1.165, 1.54) is 0 Å². The van der Waals surface area contributed by atoms with Crippen molar-refractivity contribution in [2.75, 3.05) is 0 Å². The van der Waals surface area contributed by atoms with Crippen LogP contribution in [0.5, 0.6) is 0 Å². The summed E-state index contributed by atoms with van der Waals surface area (Å²) in [7, 11) is 0. The second-order valence-electron chi connectivity index (χ2n) is 5.45. The van der Waals surface area contributed by atoms with Crippen LogP contribution >= 0.6 is 11.6 Å². The number of hydrogen-bond donors (Lipinski definition) is 1. The molecule has 1 amide bonds. The molecule has 0 saturated heterocycles. The molecule has 1 rings (SSSR count). The van der Waals surface area contributed by atoms with Gasteiger partial charge in [-0.05, 0) is 45.0 Å². The zero-order chi connectivity index (χ0) is 15.9. The third-order valence-corrected chi connectivity index (χ3v) is 2.47. The molecule has 0 aromatic heterocycles. The normalized spacial score (nSPS) is 10.3. The van der Waals surface area contributed by atoms with Crippen molar-refractivity contribution in [2.45, 2.75) is 39.2 Å². The Labute approximate surface area is 129 Å². The Hall–Kier alpha value is -1.99. The van der Waals surface area contributed by atoms with Gasteiger partial charge in [-0.3, -0.25) is 4.79 Å². The number of esters is 1. The molecule has 1 N–H and O–H groups in total. The summed E-state index contributed by atoms with van der Waals surface area (Å²) in [6.07, 6.45) is -0.347. The minimum Gasteiger partial charge on any atom is -0.376 e. The van der Waals surface area contributed by atoms with Crippen LogP contribution in [0.4, 0.5) is 4.79 Å². The summed E-state index contributed by atoms with van der Waals surface area (Å²) in [5.41, 5.74) is 0.379. The average molecular weight is 308 g/mol. The lowest BCUT2D eigenvalue weighted by atomic mass is 10.1. The van der Waals surface area contributed by atoms with Gasteiger partial charge in [0.25, 0.3) is 0 Å². The average Bonchev–Trinajstić information content (AvgIpc) is 2.34. The lowest BCUT2D eigenvalue weighted by Gasteiger charge is -2.19. The van der Waals surface area contributed by atoms with Gasteiger partial charge in [-0.2, -0.15) is 0 Å². The SMILES string of the molecule is CC(C)(C)NC(=O)OC(=O)CCC#Cc1ccc(Cl)cc1. The first-order valence-electron chi connectivity index (χ1n) is 6.53. The first kappa shape index (κ1) is 17.1. The molecule has 0 aliphatic heterocycles. The van der Waals surface area contributed by atoms with E-state index in [4.69, 9.17) is 11.6 Å². The van der Waals surface area contributed by atoms with E-state index >= 15 is 0 Å². The second kappa shape index (κ2) is 7.70. The lowest BCUT2D eigenvalue weighted by Crippen LogP contribution is -2.41. The van der Waals surface area contributed by atoms with Gasteiger partial charge >= 0.3 is 12.1 Å². The molecular formula is C16H18ClNO3. The van der Waals surface area contributed by atoms with Crippen LogP contribution < -0.4 is 5.32 Å². The highest BCUT2D eigenvalue weighted by atomic mass is 35.5. The molecular weight excluding hydrogens is 290 g/mol. The maximum absolute atomic E-state index is 11.4. The predicted octanol–water partition coefficient (Wildman–Crippen LogP) is 3.52. The zero-order valence-electron chi connectivity index (χ0n) is 12.3. The van der Waals surface area contributed by atoms with E-state index < -0.39 is 17.6 Å². The van der Waals surface area contributed by atoms with Gasteiger partial charge in [0, 0.05) is 22.5 Å². The number of amides is 1. The van der Waals surface area contributed by atoms with Crippen molar-refractivity contribution >= 4 is 23.7 Å². The van der Waals surface area contributed by atoms with Crippen LogP contribution in [-0.2, 0) is 9.53 Å². The number of halogens is 1. The molecule has 0 saturated carbocycles. The summed E-state index contributed by atoms with van der Waals surface area (Å²) in [4.78, 5) is 22.8. The van der Waals surface area contributed by atoms with Crippen molar-refractivity contribution in [3.05, 3.63) is 34.9 Å². The van der Waals surface area contributed by atoms with Gasteiger partial charge in [0.2, 0.25) is 0 Å². The monoisotopic (exact) mass is 307 g/mol. The Morgan fingerprint density at radius 1 is 1.24 bits per heavy atom. The van der Waals surface area contributed by atoms with Crippen molar-refractivity contribution in [3.8, 4) is 11.8 Å². The molecule has 5 heteroatoms. The Bertz CT molecular complexity index is 562. The minimum absolute atomic E-state index is 0.0676. The lowest BCUT2D eigenvalue weighted by molar-refractivity contribution is -0.137. The third kappa shape index (κ3) is 8.01. The van der Waals surface area contributed by atoms with E-state index in [-0.39, 0.29) is 6.42 Å². The largest absolute Gasteiger partial charge is 0.415 e. The fourth-order valence-electron chi connectivity index (χ4n) is 1.35. The Morgan fingerprint density at radius 2 is 1.86 bits per heavy atom. The van der Waals surface area contributed by atoms with Gasteiger partial charge in [-0.25, -0.2) is 4.79 Å². The first-order chi connectivity index (χ1) is 9.76. The molecule has 0 bridgehead atoms. The highest BCUT2D eigenvalue weighted by Crippen LogP contribution is 2.08. The van der Waals surface area contributed by atoms with Gasteiger partial charge in [-0.1, -0.05) is 23.4 Å². The van der Waals surface area contributed by atoms with Crippen LogP contribution in [0, 0.1) is 11.8 Å². The summed E-state index contributed by atoms with van der Waals surface area (Å²) in [6.45, 7) is 5.41. The summed E-state index contributed by atoms with van der Waals surface area (Å²) in [5, 5.41) is 3.19. The van der Waals surface area contributed by atoms with Crippen LogP contribution in [0.15, 0.2) is 24.3 Å². The molecule has 0 fully saturated rings. The maximum Gasteiger partial charge on any atom is 0.415 e. The van der Waals surface area contributed by atoms with Crippen molar-refractivity contribution in [1.82, 2.24) is 5.32 Å². The minimum atomic E-state index is -0.738.